The van der Waals surface area contributed by atoms with Gasteiger partial charge in [0.25, 0.3) is 0 Å². The van der Waals surface area contributed by atoms with Crippen LogP contribution in [0.5, 0.6) is 0 Å². The first-order valence-corrected chi connectivity index (χ1v) is 9.53. The Morgan fingerprint density at radius 3 is 2.59 bits per heavy atom. The van der Waals surface area contributed by atoms with Crippen molar-refractivity contribution in [2.75, 3.05) is 26.2 Å². The molecule has 1 aliphatic carbocycles. The first-order chi connectivity index (χ1) is 10.8. The number of carbonyl (C=O) groups is 1. The number of nitrogens with zero attached hydrogens (tertiary/aromatic N) is 2. The van der Waals surface area contributed by atoms with E-state index in [1.54, 1.807) is 0 Å². The van der Waals surface area contributed by atoms with E-state index in [1.807, 2.05) is 0 Å². The van der Waals surface area contributed by atoms with Crippen LogP contribution in [0.15, 0.2) is 0 Å². The maximum Gasteiger partial charge on any atom is 0.237 e. The Hall–Kier alpha value is -0.610. The van der Waals surface area contributed by atoms with Gasteiger partial charge in [0.15, 0.2) is 0 Å². The van der Waals surface area contributed by atoms with Gasteiger partial charge >= 0.3 is 0 Å². The predicted molar refractivity (Wildman–Crippen MR) is 89.6 cm³/mol. The van der Waals surface area contributed by atoms with Crippen LogP contribution in [-0.2, 0) is 4.79 Å². The summed E-state index contributed by atoms with van der Waals surface area (Å²) in [6.45, 7) is 3.45. The Morgan fingerprint density at radius 1 is 0.955 bits per heavy atom. The van der Waals surface area contributed by atoms with Crippen LogP contribution in [0.3, 0.4) is 0 Å². The Kier molecular flexibility index (Phi) is 5.75. The van der Waals surface area contributed by atoms with Crippen LogP contribution < -0.4 is 5.73 Å². The van der Waals surface area contributed by atoms with Crippen molar-refractivity contribution in [3.63, 3.8) is 0 Å². The second-order valence-electron chi connectivity index (χ2n) is 7.54. The van der Waals surface area contributed by atoms with Gasteiger partial charge in [0.2, 0.25) is 5.91 Å². The molecule has 3 unspecified atom stereocenters. The number of carbonyl (C=O) groups excluding carboxylic acids is 1. The molecule has 22 heavy (non-hydrogen) atoms. The number of amides is 1. The van der Waals surface area contributed by atoms with Gasteiger partial charge in [-0.15, -0.1) is 0 Å². The molecule has 3 rings (SSSR count). The molecule has 0 aromatic carbocycles. The number of likely N-dealkylation sites (tertiary alicyclic amines) is 2. The minimum absolute atomic E-state index is 0.389. The SMILES string of the molecule is NCCC1CCCCN1CC(=O)N1CCCC2CCCCC21. The standard InChI is InChI=1S/C18H33N3O/c19-11-10-16-8-3-4-12-20(16)14-18(22)21-13-5-7-15-6-1-2-9-17(15)21/h15-17H,1-14,19H2. The summed E-state index contributed by atoms with van der Waals surface area (Å²) in [5.41, 5.74) is 5.76. The third-order valence-corrected chi connectivity index (χ3v) is 6.15. The highest BCUT2D eigenvalue weighted by Gasteiger charge is 2.36. The lowest BCUT2D eigenvalue weighted by molar-refractivity contribution is -0.139. The first-order valence-electron chi connectivity index (χ1n) is 9.53. The number of fused-ring (bicyclic) bond motifs is 1. The number of nitrogens with two attached hydrogens (primary N) is 1. The summed E-state index contributed by atoms with van der Waals surface area (Å²) in [5, 5.41) is 0. The van der Waals surface area contributed by atoms with Gasteiger partial charge in [-0.05, 0) is 64.0 Å². The van der Waals surface area contributed by atoms with E-state index in [1.165, 1.54) is 57.8 Å². The molecule has 3 fully saturated rings. The molecular formula is C18H33N3O. The molecular weight excluding hydrogens is 274 g/mol. The minimum atomic E-state index is 0.389. The molecule has 1 saturated carbocycles. The van der Waals surface area contributed by atoms with Gasteiger partial charge in [0, 0.05) is 18.6 Å². The maximum atomic E-state index is 12.9. The van der Waals surface area contributed by atoms with Gasteiger partial charge < -0.3 is 10.6 Å². The van der Waals surface area contributed by atoms with E-state index in [0.717, 1.165) is 32.0 Å². The third kappa shape index (κ3) is 3.65. The zero-order valence-corrected chi connectivity index (χ0v) is 14.0. The number of hydrogen-bond donors (Lipinski definition) is 1. The molecule has 1 amide bonds. The lowest BCUT2D eigenvalue weighted by Gasteiger charge is -2.45. The Morgan fingerprint density at radius 2 is 1.73 bits per heavy atom. The summed E-state index contributed by atoms with van der Waals surface area (Å²) in [6.07, 6.45) is 12.6. The summed E-state index contributed by atoms with van der Waals surface area (Å²) in [4.78, 5) is 17.6. The van der Waals surface area contributed by atoms with Crippen molar-refractivity contribution in [3.8, 4) is 0 Å². The molecule has 3 aliphatic rings. The average Bonchev–Trinajstić information content (AvgIpc) is 2.56. The van der Waals surface area contributed by atoms with Crippen molar-refractivity contribution in [2.45, 2.75) is 76.3 Å². The fourth-order valence-electron chi connectivity index (χ4n) is 4.99. The largest absolute Gasteiger partial charge is 0.338 e. The van der Waals surface area contributed by atoms with E-state index >= 15 is 0 Å². The molecule has 2 aliphatic heterocycles. The lowest BCUT2D eigenvalue weighted by Crippen LogP contribution is -2.54. The van der Waals surface area contributed by atoms with E-state index in [2.05, 4.69) is 9.80 Å². The number of piperidine rings is 2. The highest BCUT2D eigenvalue weighted by molar-refractivity contribution is 5.78. The topological polar surface area (TPSA) is 49.6 Å². The van der Waals surface area contributed by atoms with Gasteiger partial charge in [-0.25, -0.2) is 0 Å². The molecule has 126 valence electrons. The lowest BCUT2D eigenvalue weighted by atomic mass is 9.78. The van der Waals surface area contributed by atoms with Crippen LogP contribution in [0, 0.1) is 5.92 Å². The van der Waals surface area contributed by atoms with E-state index < -0.39 is 0 Å². The Labute approximate surface area is 135 Å². The average molecular weight is 307 g/mol. The third-order valence-electron chi connectivity index (χ3n) is 6.15. The van der Waals surface area contributed by atoms with Gasteiger partial charge in [-0.2, -0.15) is 0 Å². The van der Waals surface area contributed by atoms with Crippen LogP contribution in [0.1, 0.15) is 64.2 Å². The van der Waals surface area contributed by atoms with Gasteiger partial charge in [0.1, 0.15) is 0 Å². The van der Waals surface area contributed by atoms with Crippen LogP contribution in [-0.4, -0.2) is 54.0 Å². The summed E-state index contributed by atoms with van der Waals surface area (Å²) in [6, 6.07) is 1.09. The van der Waals surface area contributed by atoms with E-state index in [4.69, 9.17) is 5.73 Å². The maximum absolute atomic E-state index is 12.9. The summed E-state index contributed by atoms with van der Waals surface area (Å²) in [5.74, 6) is 1.17. The molecule has 0 aromatic rings. The van der Waals surface area contributed by atoms with Crippen LogP contribution in [0.2, 0.25) is 0 Å². The fraction of sp³-hybridized carbons (Fsp3) is 0.944. The summed E-state index contributed by atoms with van der Waals surface area (Å²) in [7, 11) is 0. The predicted octanol–water partition coefficient (Wildman–Crippen LogP) is 2.37. The van der Waals surface area contributed by atoms with E-state index in [9.17, 15) is 4.79 Å². The second kappa shape index (κ2) is 7.78. The van der Waals surface area contributed by atoms with Crippen molar-refractivity contribution in [3.05, 3.63) is 0 Å². The zero-order chi connectivity index (χ0) is 15.4. The van der Waals surface area contributed by atoms with Gasteiger partial charge in [0.05, 0.1) is 6.54 Å². The Balaban J connectivity index is 1.60. The second-order valence-corrected chi connectivity index (χ2v) is 7.54. The molecule has 2 N–H and O–H groups in total. The monoisotopic (exact) mass is 307 g/mol. The fourth-order valence-corrected chi connectivity index (χ4v) is 4.99. The Bertz CT molecular complexity index is 369. The molecule has 0 aromatic heterocycles. The molecule has 3 atom stereocenters. The van der Waals surface area contributed by atoms with Crippen molar-refractivity contribution in [1.29, 1.82) is 0 Å². The van der Waals surface area contributed by atoms with Crippen LogP contribution >= 0.6 is 0 Å². The van der Waals surface area contributed by atoms with Crippen molar-refractivity contribution < 1.29 is 4.79 Å². The minimum Gasteiger partial charge on any atom is -0.338 e. The molecule has 4 heteroatoms. The normalized spacial score (nSPS) is 33.5. The first kappa shape index (κ1) is 16.3. The van der Waals surface area contributed by atoms with Crippen LogP contribution in [0.25, 0.3) is 0 Å². The molecule has 2 saturated heterocycles. The summed E-state index contributed by atoms with van der Waals surface area (Å²) >= 11 is 0. The highest BCUT2D eigenvalue weighted by atomic mass is 16.2. The van der Waals surface area contributed by atoms with Crippen LogP contribution in [0.4, 0.5) is 0 Å². The van der Waals surface area contributed by atoms with E-state index in [0.29, 0.717) is 24.5 Å². The van der Waals surface area contributed by atoms with Gasteiger partial charge in [-0.3, -0.25) is 9.69 Å². The summed E-state index contributed by atoms with van der Waals surface area (Å²) < 4.78 is 0. The highest BCUT2D eigenvalue weighted by Crippen LogP contribution is 2.35. The van der Waals surface area contributed by atoms with Crippen molar-refractivity contribution in [1.82, 2.24) is 9.80 Å². The van der Waals surface area contributed by atoms with Crippen molar-refractivity contribution in [2.24, 2.45) is 11.7 Å². The van der Waals surface area contributed by atoms with Crippen molar-refractivity contribution >= 4 is 5.91 Å². The molecule has 0 bridgehead atoms. The molecule has 2 heterocycles. The quantitative estimate of drug-likeness (QED) is 0.867. The molecule has 0 radical (unpaired) electrons. The van der Waals surface area contributed by atoms with E-state index in [-0.39, 0.29) is 0 Å². The smallest absolute Gasteiger partial charge is 0.237 e. The number of hydrogen-bond acceptors (Lipinski definition) is 3. The molecule has 4 nitrogen and oxygen atoms in total. The zero-order valence-electron chi connectivity index (χ0n) is 14.0. The molecule has 0 spiro atoms. The van der Waals surface area contributed by atoms with Gasteiger partial charge in [-0.1, -0.05) is 19.3 Å². The number of rotatable bonds is 4.